The molecule has 3 N–H and O–H groups in total. The van der Waals surface area contributed by atoms with Crippen LogP contribution >= 0.6 is 0 Å². The number of carbonyl (C=O) groups is 4. The Bertz CT molecular complexity index is 1300. The van der Waals surface area contributed by atoms with Crippen molar-refractivity contribution in [1.82, 2.24) is 0 Å². The maximum atomic E-state index is 13.9. The van der Waals surface area contributed by atoms with Crippen molar-refractivity contribution in [3.63, 3.8) is 0 Å². The van der Waals surface area contributed by atoms with Gasteiger partial charge in [0.1, 0.15) is 17.3 Å². The number of aliphatic hydroxyl groups excluding tert-OH is 1. The van der Waals surface area contributed by atoms with E-state index in [-0.39, 0.29) is 18.4 Å². The van der Waals surface area contributed by atoms with Crippen molar-refractivity contribution in [3.05, 3.63) is 23.8 Å². The number of methoxy groups -OCH3 is 1. The van der Waals surface area contributed by atoms with Crippen LogP contribution in [0.1, 0.15) is 47.5 Å². The molecule has 0 radical (unpaired) electrons. The van der Waals surface area contributed by atoms with Crippen molar-refractivity contribution in [2.75, 3.05) is 7.11 Å². The van der Waals surface area contributed by atoms with Gasteiger partial charge in [-0.05, 0) is 38.7 Å². The Labute approximate surface area is 223 Å². The van der Waals surface area contributed by atoms with Crippen LogP contribution in [0, 0.1) is 22.2 Å². The largest absolute Gasteiger partial charge is 0.466 e. The van der Waals surface area contributed by atoms with E-state index in [0.29, 0.717) is 0 Å². The van der Waals surface area contributed by atoms with Crippen LogP contribution in [0.3, 0.4) is 0 Å². The van der Waals surface area contributed by atoms with Crippen LogP contribution < -0.4 is 0 Å². The third-order valence-electron chi connectivity index (χ3n) is 10.7. The fourth-order valence-corrected chi connectivity index (χ4v) is 8.99. The molecule has 4 aliphatic heterocycles. The molecular formula is C27H32O12. The molecule has 39 heavy (non-hydrogen) atoms. The summed E-state index contributed by atoms with van der Waals surface area (Å²) < 4.78 is 27.7. The Morgan fingerprint density at radius 2 is 1.74 bits per heavy atom. The van der Waals surface area contributed by atoms with Gasteiger partial charge in [0.05, 0.1) is 18.1 Å². The van der Waals surface area contributed by atoms with Crippen LogP contribution in [0.2, 0.25) is 0 Å². The lowest BCUT2D eigenvalue weighted by atomic mass is 9.45. The van der Waals surface area contributed by atoms with Crippen molar-refractivity contribution in [3.8, 4) is 0 Å². The highest BCUT2D eigenvalue weighted by Crippen LogP contribution is 2.83. The lowest BCUT2D eigenvalue weighted by molar-refractivity contribution is -0.339. The van der Waals surface area contributed by atoms with Crippen molar-refractivity contribution < 1.29 is 58.2 Å². The summed E-state index contributed by atoms with van der Waals surface area (Å²) in [5.74, 6) is -6.54. The number of carbonyl (C=O) groups excluding carboxylic acids is 4. The molecule has 2 saturated carbocycles. The van der Waals surface area contributed by atoms with Crippen molar-refractivity contribution in [2.24, 2.45) is 22.2 Å². The molecule has 1 spiro atoms. The van der Waals surface area contributed by atoms with E-state index < -0.39 is 86.9 Å². The second kappa shape index (κ2) is 7.16. The van der Waals surface area contributed by atoms with Gasteiger partial charge in [-0.1, -0.05) is 26.8 Å². The molecule has 3 saturated heterocycles. The number of hydrogen-bond acceptors (Lipinski definition) is 12. The van der Waals surface area contributed by atoms with Gasteiger partial charge < -0.3 is 39.0 Å². The van der Waals surface area contributed by atoms with Crippen LogP contribution in [0.4, 0.5) is 0 Å². The van der Waals surface area contributed by atoms with Crippen LogP contribution in [-0.4, -0.2) is 87.2 Å². The highest BCUT2D eigenvalue weighted by atomic mass is 16.7. The first-order valence-electron chi connectivity index (χ1n) is 12.9. The van der Waals surface area contributed by atoms with Gasteiger partial charge in [-0.3, -0.25) is 4.79 Å². The summed E-state index contributed by atoms with van der Waals surface area (Å²) >= 11 is 0. The number of hydrogen-bond donors (Lipinski definition) is 3. The van der Waals surface area contributed by atoms with E-state index in [9.17, 15) is 34.5 Å². The van der Waals surface area contributed by atoms with E-state index in [2.05, 4.69) is 0 Å². The number of epoxide rings is 1. The van der Waals surface area contributed by atoms with E-state index in [4.69, 9.17) is 23.7 Å². The molecule has 12 nitrogen and oxygen atoms in total. The van der Waals surface area contributed by atoms with Crippen LogP contribution in [0.5, 0.6) is 0 Å². The highest BCUT2D eigenvalue weighted by molar-refractivity contribution is 6.00. The second-order valence-corrected chi connectivity index (χ2v) is 12.6. The molecule has 0 amide bonds. The summed E-state index contributed by atoms with van der Waals surface area (Å²) in [6.45, 7) is 7.77. The van der Waals surface area contributed by atoms with Crippen molar-refractivity contribution >= 4 is 23.7 Å². The molecule has 10 atom stereocenters. The molecule has 0 aromatic rings. The average Bonchev–Trinajstić information content (AvgIpc) is 3.50. The molecule has 1 unspecified atom stereocenters. The summed E-state index contributed by atoms with van der Waals surface area (Å²) in [7, 11) is 1.19. The lowest BCUT2D eigenvalue weighted by Crippen LogP contribution is -2.72. The zero-order valence-corrected chi connectivity index (χ0v) is 22.5. The molecule has 212 valence electrons. The van der Waals surface area contributed by atoms with E-state index in [1.807, 2.05) is 0 Å². The average molecular weight is 549 g/mol. The fourth-order valence-electron chi connectivity index (χ4n) is 8.99. The molecule has 5 fully saturated rings. The minimum atomic E-state index is -2.59. The Hall–Kier alpha value is -2.64. The highest BCUT2D eigenvalue weighted by Gasteiger charge is 2.98. The van der Waals surface area contributed by atoms with E-state index in [0.717, 1.165) is 12.2 Å². The predicted octanol–water partition coefficient (Wildman–Crippen LogP) is -0.180. The third-order valence-corrected chi connectivity index (χ3v) is 10.7. The molecule has 6 rings (SSSR count). The molecular weight excluding hydrogens is 516 g/mol. The third kappa shape index (κ3) is 2.50. The summed E-state index contributed by atoms with van der Waals surface area (Å²) in [6.07, 6.45) is 0.199. The summed E-state index contributed by atoms with van der Waals surface area (Å²) in [5, 5.41) is 34.9. The van der Waals surface area contributed by atoms with Gasteiger partial charge in [0.25, 0.3) is 0 Å². The zero-order valence-electron chi connectivity index (χ0n) is 22.5. The number of aliphatic hydroxyl groups is 3. The summed E-state index contributed by atoms with van der Waals surface area (Å²) in [6, 6.07) is 0. The fraction of sp³-hybridized carbons (Fsp3) is 0.704. The number of fused-ring (bicyclic) bond motifs is 3. The van der Waals surface area contributed by atoms with Gasteiger partial charge in [-0.15, -0.1) is 0 Å². The first-order valence-corrected chi connectivity index (χ1v) is 12.9. The standard InChI is InChI=1S/C27H32O12/c1-21(2)20(32)25(33)22(3,10-8-14(28)35-6)13-7-9-23(4)16(12-11-15(29)36-18(12)30)37-19(31)17-26(23,38-17)24(13,5)27(25,34)39-21/h8,10-11,13,15-17,29,33-34H,7,9H2,1-6H3/b10-8-/t13-,15?,16+,17-,22-,23+,24-,25+,26-,27+/m1/s1. The van der Waals surface area contributed by atoms with E-state index in [1.54, 1.807) is 20.8 Å². The normalized spacial score (nSPS) is 52.8. The molecule has 0 bridgehead atoms. The van der Waals surface area contributed by atoms with Crippen molar-refractivity contribution in [1.29, 1.82) is 0 Å². The molecule has 12 heteroatoms. The number of esters is 3. The zero-order chi connectivity index (χ0) is 28.8. The monoisotopic (exact) mass is 548 g/mol. The minimum Gasteiger partial charge on any atom is -0.466 e. The van der Waals surface area contributed by atoms with E-state index in [1.165, 1.54) is 27.0 Å². The van der Waals surface area contributed by atoms with Crippen LogP contribution in [0.25, 0.3) is 0 Å². The van der Waals surface area contributed by atoms with Crippen molar-refractivity contribution in [2.45, 2.75) is 88.5 Å². The van der Waals surface area contributed by atoms with Gasteiger partial charge in [-0.2, -0.15) is 0 Å². The van der Waals surface area contributed by atoms with Gasteiger partial charge >= 0.3 is 17.9 Å². The molecule has 2 aliphatic carbocycles. The topological polar surface area (TPSA) is 178 Å². The Balaban J connectivity index is 1.60. The first kappa shape index (κ1) is 26.6. The van der Waals surface area contributed by atoms with Crippen LogP contribution in [-0.2, 0) is 42.9 Å². The number of ether oxygens (including phenoxy) is 5. The predicted molar refractivity (Wildman–Crippen MR) is 126 cm³/mol. The number of cyclic esters (lactones) is 2. The quantitative estimate of drug-likeness (QED) is 0.184. The maximum absolute atomic E-state index is 13.9. The number of Topliss-reactive ketones (excluding diaryl/α,β-unsaturated/α-hetero) is 1. The molecule has 0 aromatic carbocycles. The van der Waals surface area contributed by atoms with Gasteiger partial charge in [-0.25, -0.2) is 14.4 Å². The molecule has 6 aliphatic rings. The summed E-state index contributed by atoms with van der Waals surface area (Å²) in [4.78, 5) is 52.0. The Kier molecular flexibility index (Phi) is 4.88. The van der Waals surface area contributed by atoms with Gasteiger partial charge in [0.2, 0.25) is 17.9 Å². The lowest BCUT2D eigenvalue weighted by Gasteiger charge is -2.59. The minimum absolute atomic E-state index is 0.0638. The second-order valence-electron chi connectivity index (χ2n) is 12.6. The van der Waals surface area contributed by atoms with E-state index >= 15 is 0 Å². The number of ketones is 1. The molecule has 4 heterocycles. The van der Waals surface area contributed by atoms with Gasteiger partial charge in [0, 0.05) is 16.9 Å². The Morgan fingerprint density at radius 1 is 1.08 bits per heavy atom. The number of rotatable bonds is 3. The Morgan fingerprint density at radius 3 is 2.33 bits per heavy atom. The van der Waals surface area contributed by atoms with Crippen LogP contribution in [0.15, 0.2) is 23.8 Å². The summed E-state index contributed by atoms with van der Waals surface area (Å²) in [5.41, 5.74) is -10.3. The SMILES string of the molecule is COC(=O)/C=C\[C@]1(C)[C@H]2CC[C@@]3(C)[C@H](C4=CC(O)OC4=O)OC(=O)[C@H]4O[C@]43[C@]2(C)[C@]2(O)OC(C)(C)C(=O)[C@@]21O. The van der Waals surface area contributed by atoms with Gasteiger partial charge in [0.15, 0.2) is 11.7 Å². The maximum Gasteiger partial charge on any atom is 0.340 e. The molecule has 0 aromatic heterocycles. The smallest absolute Gasteiger partial charge is 0.340 e. The first-order chi connectivity index (χ1) is 17.9.